The van der Waals surface area contributed by atoms with Crippen molar-refractivity contribution in [1.29, 1.82) is 0 Å². The number of aromatic amines is 1. The first kappa shape index (κ1) is 23.4. The Morgan fingerprint density at radius 3 is 2.79 bits per heavy atom. The number of piperidine rings is 1. The average Bonchev–Trinajstić information content (AvgIpc) is 3.10. The molecule has 29 heavy (non-hydrogen) atoms. The smallest absolute Gasteiger partial charge is 0.309 e. The predicted octanol–water partition coefficient (Wildman–Crippen LogP) is 3.71. The lowest BCUT2D eigenvalue weighted by atomic mass is 9.97. The third-order valence-corrected chi connectivity index (χ3v) is 5.12. The molecular weight excluding hydrogens is 486 g/mol. The van der Waals surface area contributed by atoms with Gasteiger partial charge in [-0.15, -0.1) is 24.0 Å². The number of aliphatic imine (C=N–C) groups is 1. The number of likely N-dealkylation sites (tertiary alicyclic amines) is 1. The summed E-state index contributed by atoms with van der Waals surface area (Å²) in [7, 11) is 0. The second-order valence-electron chi connectivity index (χ2n) is 7.00. The Hall–Kier alpha value is -1.84. The van der Waals surface area contributed by atoms with Crippen LogP contribution in [0.5, 0.6) is 0 Å². The molecule has 1 aromatic carbocycles. The number of carbonyl (C=O) groups is 1. The van der Waals surface area contributed by atoms with Gasteiger partial charge in [-0.25, -0.2) is 4.39 Å². The van der Waals surface area contributed by atoms with Crippen molar-refractivity contribution < 1.29 is 13.9 Å². The summed E-state index contributed by atoms with van der Waals surface area (Å²) >= 11 is 0. The molecule has 0 spiro atoms. The largest absolute Gasteiger partial charge is 0.466 e. The molecule has 8 heteroatoms. The van der Waals surface area contributed by atoms with Gasteiger partial charge in [0.2, 0.25) is 0 Å². The normalized spacial score (nSPS) is 15.3. The zero-order chi connectivity index (χ0) is 19.9. The molecule has 0 radical (unpaired) electrons. The molecule has 0 aliphatic carbocycles. The number of nitrogens with zero attached hydrogens (tertiary/aromatic N) is 2. The molecule has 0 amide bonds. The maximum Gasteiger partial charge on any atom is 0.309 e. The first-order chi connectivity index (χ1) is 13.6. The van der Waals surface area contributed by atoms with E-state index in [1.165, 1.54) is 6.07 Å². The Morgan fingerprint density at radius 1 is 1.34 bits per heavy atom. The van der Waals surface area contributed by atoms with Gasteiger partial charge in [0.05, 0.1) is 12.5 Å². The van der Waals surface area contributed by atoms with Crippen molar-refractivity contribution in [2.24, 2.45) is 10.9 Å². The van der Waals surface area contributed by atoms with Gasteiger partial charge >= 0.3 is 5.97 Å². The Kier molecular flexibility index (Phi) is 9.19. The van der Waals surface area contributed by atoms with Crippen LogP contribution in [-0.2, 0) is 16.0 Å². The minimum Gasteiger partial charge on any atom is -0.466 e. The van der Waals surface area contributed by atoms with Crippen LogP contribution in [-0.4, -0.2) is 54.6 Å². The van der Waals surface area contributed by atoms with Crippen LogP contribution in [0.1, 0.15) is 32.3 Å². The number of halogens is 2. The van der Waals surface area contributed by atoms with Gasteiger partial charge in [-0.05, 0) is 56.9 Å². The van der Waals surface area contributed by atoms with Gasteiger partial charge < -0.3 is 19.9 Å². The molecule has 1 aliphatic rings. The van der Waals surface area contributed by atoms with Crippen LogP contribution in [0.3, 0.4) is 0 Å². The number of guanidine groups is 1. The van der Waals surface area contributed by atoms with E-state index in [9.17, 15) is 9.18 Å². The fourth-order valence-electron chi connectivity index (χ4n) is 3.65. The third-order valence-electron chi connectivity index (χ3n) is 5.12. The van der Waals surface area contributed by atoms with Crippen LogP contribution in [0.4, 0.5) is 4.39 Å². The number of hydrogen-bond donors (Lipinski definition) is 2. The zero-order valence-corrected chi connectivity index (χ0v) is 19.4. The van der Waals surface area contributed by atoms with Crippen molar-refractivity contribution in [2.45, 2.75) is 33.1 Å². The lowest BCUT2D eigenvalue weighted by molar-refractivity contribution is -0.149. The number of fused-ring (bicyclic) bond motifs is 1. The number of ether oxygens (including phenoxy) is 1. The Labute approximate surface area is 188 Å². The minimum atomic E-state index is -0.227. The molecule has 3 rings (SSSR count). The van der Waals surface area contributed by atoms with Crippen molar-refractivity contribution in [3.63, 3.8) is 0 Å². The second-order valence-corrected chi connectivity index (χ2v) is 7.00. The number of nitrogens with one attached hydrogen (secondary N) is 2. The molecular formula is C21H30FIN4O2. The van der Waals surface area contributed by atoms with Crippen molar-refractivity contribution >= 4 is 46.8 Å². The fraction of sp³-hybridized carbons (Fsp3) is 0.524. The SMILES string of the molecule is CCNC(=NCCc1c[nH]c2ccc(F)cc12)N1CCC(C(=O)OCC)CC1.I. The lowest BCUT2D eigenvalue weighted by Gasteiger charge is -2.33. The number of benzene rings is 1. The van der Waals surface area contributed by atoms with E-state index in [2.05, 4.69) is 15.2 Å². The highest BCUT2D eigenvalue weighted by Crippen LogP contribution is 2.21. The molecule has 2 N–H and O–H groups in total. The number of aromatic nitrogens is 1. The van der Waals surface area contributed by atoms with E-state index in [4.69, 9.17) is 9.73 Å². The molecule has 6 nitrogen and oxygen atoms in total. The lowest BCUT2D eigenvalue weighted by Crippen LogP contribution is -2.46. The molecule has 0 unspecified atom stereocenters. The number of H-pyrrole nitrogens is 1. The summed E-state index contributed by atoms with van der Waals surface area (Å²) in [5.74, 6) is 0.543. The number of rotatable bonds is 6. The van der Waals surface area contributed by atoms with Crippen LogP contribution in [0.2, 0.25) is 0 Å². The number of carbonyl (C=O) groups excluding carboxylic acids is 1. The molecule has 1 fully saturated rings. The fourth-order valence-corrected chi connectivity index (χ4v) is 3.65. The van der Waals surface area contributed by atoms with Gasteiger partial charge in [0.1, 0.15) is 5.82 Å². The zero-order valence-electron chi connectivity index (χ0n) is 17.0. The van der Waals surface area contributed by atoms with Gasteiger partial charge in [-0.1, -0.05) is 0 Å². The van der Waals surface area contributed by atoms with E-state index in [0.29, 0.717) is 13.2 Å². The molecule has 2 aromatic rings. The van der Waals surface area contributed by atoms with Crippen LogP contribution in [0, 0.1) is 11.7 Å². The van der Waals surface area contributed by atoms with E-state index in [1.54, 1.807) is 12.1 Å². The number of esters is 1. The van der Waals surface area contributed by atoms with E-state index in [-0.39, 0.29) is 41.7 Å². The molecule has 0 saturated carbocycles. The maximum atomic E-state index is 13.5. The van der Waals surface area contributed by atoms with Gasteiger partial charge in [0.15, 0.2) is 5.96 Å². The standard InChI is InChI=1S/C21H29FN4O2.HI/c1-3-23-21(26-11-8-15(9-12-26)20(27)28-4-2)24-10-7-16-14-25-19-6-5-17(22)13-18(16)19;/h5-6,13-15,25H,3-4,7-12H2,1-2H3,(H,23,24);1H. The first-order valence-corrected chi connectivity index (χ1v) is 10.1. The van der Waals surface area contributed by atoms with E-state index in [0.717, 1.165) is 61.3 Å². The van der Waals surface area contributed by atoms with E-state index in [1.807, 2.05) is 20.0 Å². The molecule has 0 bridgehead atoms. The van der Waals surface area contributed by atoms with E-state index < -0.39 is 0 Å². The summed E-state index contributed by atoms with van der Waals surface area (Å²) in [4.78, 5) is 22.1. The number of hydrogen-bond acceptors (Lipinski definition) is 3. The molecule has 0 atom stereocenters. The van der Waals surface area contributed by atoms with Crippen LogP contribution in [0.15, 0.2) is 29.4 Å². The van der Waals surface area contributed by atoms with Crippen LogP contribution in [0.25, 0.3) is 10.9 Å². The Morgan fingerprint density at radius 2 is 2.10 bits per heavy atom. The monoisotopic (exact) mass is 516 g/mol. The quantitative estimate of drug-likeness (QED) is 0.266. The second kappa shape index (κ2) is 11.4. The molecule has 1 saturated heterocycles. The first-order valence-electron chi connectivity index (χ1n) is 10.1. The van der Waals surface area contributed by atoms with Crippen molar-refractivity contribution in [1.82, 2.24) is 15.2 Å². The highest BCUT2D eigenvalue weighted by molar-refractivity contribution is 14.0. The Balaban J connectivity index is 0.00000300. The summed E-state index contributed by atoms with van der Waals surface area (Å²) < 4.78 is 18.7. The maximum absolute atomic E-state index is 13.5. The topological polar surface area (TPSA) is 69.7 Å². The highest BCUT2D eigenvalue weighted by Gasteiger charge is 2.27. The van der Waals surface area contributed by atoms with Crippen molar-refractivity contribution in [3.05, 3.63) is 35.8 Å². The summed E-state index contributed by atoms with van der Waals surface area (Å²) in [6.07, 6.45) is 4.23. The van der Waals surface area contributed by atoms with Gasteiger partial charge in [0.25, 0.3) is 0 Å². The Bertz CT molecular complexity index is 831. The molecule has 1 aromatic heterocycles. The minimum absolute atomic E-state index is 0. The third kappa shape index (κ3) is 6.07. The van der Waals surface area contributed by atoms with Crippen molar-refractivity contribution in [3.8, 4) is 0 Å². The molecule has 2 heterocycles. The summed E-state index contributed by atoms with van der Waals surface area (Å²) in [5.41, 5.74) is 2.00. The van der Waals surface area contributed by atoms with Crippen LogP contribution >= 0.6 is 24.0 Å². The summed E-state index contributed by atoms with van der Waals surface area (Å²) in [5, 5.41) is 4.25. The van der Waals surface area contributed by atoms with Gasteiger partial charge in [-0.2, -0.15) is 0 Å². The van der Waals surface area contributed by atoms with E-state index >= 15 is 0 Å². The summed E-state index contributed by atoms with van der Waals surface area (Å²) in [6, 6.07) is 4.79. The van der Waals surface area contributed by atoms with Gasteiger partial charge in [-0.3, -0.25) is 9.79 Å². The molecule has 1 aliphatic heterocycles. The average molecular weight is 516 g/mol. The highest BCUT2D eigenvalue weighted by atomic mass is 127. The van der Waals surface area contributed by atoms with Crippen LogP contribution < -0.4 is 5.32 Å². The predicted molar refractivity (Wildman–Crippen MR) is 124 cm³/mol. The molecule has 160 valence electrons. The van der Waals surface area contributed by atoms with Gasteiger partial charge in [0, 0.05) is 43.3 Å². The summed E-state index contributed by atoms with van der Waals surface area (Å²) in [6.45, 7) is 7.29. The van der Waals surface area contributed by atoms with Crippen molar-refractivity contribution in [2.75, 3.05) is 32.8 Å².